The van der Waals surface area contributed by atoms with Crippen molar-refractivity contribution in [3.05, 3.63) is 156 Å². The van der Waals surface area contributed by atoms with Crippen LogP contribution in [0.2, 0.25) is 0 Å². The topological polar surface area (TPSA) is 334 Å². The van der Waals surface area contributed by atoms with Crippen molar-refractivity contribution in [2.45, 2.75) is 100 Å². The minimum atomic E-state index is -1.89. The van der Waals surface area contributed by atoms with Gasteiger partial charge in [0.25, 0.3) is 11.8 Å². The molecule has 0 bridgehead atoms. The number of nitrogens with zero attached hydrogens (tertiary/aromatic N) is 1. The molecule has 6 rings (SSSR count). The molecule has 1 fully saturated rings. The van der Waals surface area contributed by atoms with Gasteiger partial charge in [-0.1, -0.05) is 143 Å². The molecule has 21 nitrogen and oxygen atoms in total. The van der Waals surface area contributed by atoms with Crippen LogP contribution in [0.1, 0.15) is 53.2 Å². The molecule has 0 saturated carbocycles. The highest BCUT2D eigenvalue weighted by atomic mass is 33.1. The number of nitrogens with one attached hydrogen (secondary N) is 7. The summed E-state index contributed by atoms with van der Waals surface area (Å²) in [6.45, 7) is 1.42. The maximum Gasteiger partial charge on any atom is 0.327 e. The van der Waals surface area contributed by atoms with Gasteiger partial charge in [-0.15, -0.1) is 0 Å². The number of nitrogens with two attached hydrogens (primary N) is 2. The molecule has 0 spiro atoms. The van der Waals surface area contributed by atoms with Crippen molar-refractivity contribution in [2.75, 3.05) is 25.1 Å². The molecular weight excluding hydrogens is 1060 g/mol. The number of carboxylic acids is 1. The van der Waals surface area contributed by atoms with Crippen LogP contribution < -0.4 is 48.7 Å². The quantitative estimate of drug-likeness (QED) is 0.0552. The van der Waals surface area contributed by atoms with Gasteiger partial charge >= 0.3 is 5.97 Å². The van der Waals surface area contributed by atoms with Crippen molar-refractivity contribution in [3.8, 4) is 0 Å². The van der Waals surface area contributed by atoms with E-state index in [-0.39, 0.29) is 55.7 Å². The zero-order valence-electron chi connectivity index (χ0n) is 44.2. The molecule has 1 aliphatic heterocycles. The van der Waals surface area contributed by atoms with Gasteiger partial charge in [-0.3, -0.25) is 38.4 Å². The fourth-order valence-corrected chi connectivity index (χ4v) is 10.9. The third kappa shape index (κ3) is 18.1. The standard InChI is InChI=1S/C57H68N10O11S2/c1-34(68)47-54(74)63-44(29-36-18-8-4-9-19-36)52(72)64-46(57(77)78)33-80-79-32-41(59)49(69)61-43(28-35-16-6-3-7-17-35)51(71)62-45(30-37-20-10-5-11-21-37)53(73)66-48(55(75)60-42(50(70)65-47)24-14-15-27-58)67(2)56(76)40-26-25-38-22-12-13-23-39(38)31-40/h3-13,16-23,25-26,31,34,41-48,68H,14-15,24,27-30,32-33,58-59H2,1-2H3,(H,60,75)(H,61,69)(H,62,71)(H,63,74)(H,64,72)(H,65,70)(H,66,73)(H,77,78)/t34-,41-,42+,43+,44+,45+,46+,47+,48-/m1/s1. The summed E-state index contributed by atoms with van der Waals surface area (Å²) in [5.74, 6) is -8.96. The molecule has 1 aliphatic rings. The number of carbonyl (C=O) groups excluding carboxylic acids is 8. The summed E-state index contributed by atoms with van der Waals surface area (Å²) in [5, 5.41) is 41.1. The SMILES string of the molecule is C[C@@H](O)[C@@H]1NC(=O)[C@H](CCCCN)NC(=O)[C@@H](N(C)C(=O)c2ccc3ccccc3c2)NC(=O)[C@H](Cc2ccccc2)NC(=O)[C@H](Cc2ccccc2)NC(=O)[C@H](N)CSSC[C@@H](C(=O)O)NC(=O)[C@H](Cc2ccccc2)NC1=O. The molecule has 8 amide bonds. The molecule has 1 heterocycles. The van der Waals surface area contributed by atoms with Crippen molar-refractivity contribution < 1.29 is 53.4 Å². The van der Waals surface area contributed by atoms with Gasteiger partial charge in [0.2, 0.25) is 35.4 Å². The maximum absolute atomic E-state index is 15.0. The van der Waals surface area contributed by atoms with Crippen LogP contribution in [0.5, 0.6) is 0 Å². The van der Waals surface area contributed by atoms with Crippen molar-refractivity contribution in [1.82, 2.24) is 42.1 Å². The number of carboxylic acid groups (broad SMARTS) is 1. The van der Waals surface area contributed by atoms with Crippen LogP contribution in [0.25, 0.3) is 10.8 Å². The minimum Gasteiger partial charge on any atom is -0.480 e. The van der Waals surface area contributed by atoms with Crippen molar-refractivity contribution in [3.63, 3.8) is 0 Å². The Kier molecular flexibility index (Phi) is 23.4. The number of aliphatic hydroxyl groups excluding tert-OH is 1. The first-order valence-corrected chi connectivity index (χ1v) is 28.5. The fraction of sp³-hybridized carbons (Fsp3) is 0.351. The zero-order chi connectivity index (χ0) is 57.7. The summed E-state index contributed by atoms with van der Waals surface area (Å²) in [6.07, 6.45) is -3.32. The highest BCUT2D eigenvalue weighted by Crippen LogP contribution is 2.23. The summed E-state index contributed by atoms with van der Waals surface area (Å²) in [5.41, 5.74) is 14.1. The van der Waals surface area contributed by atoms with E-state index in [0.717, 1.165) is 31.9 Å². The first-order chi connectivity index (χ1) is 38.4. The van der Waals surface area contributed by atoms with Crippen molar-refractivity contribution >= 4 is 85.6 Å². The number of fused-ring (bicyclic) bond motifs is 1. The predicted octanol–water partition coefficient (Wildman–Crippen LogP) is 1.31. The van der Waals surface area contributed by atoms with Crippen LogP contribution in [0.15, 0.2) is 133 Å². The lowest BCUT2D eigenvalue weighted by Gasteiger charge is -2.32. The lowest BCUT2D eigenvalue weighted by molar-refractivity contribution is -0.141. The average Bonchev–Trinajstić information content (AvgIpc) is 3.45. The van der Waals surface area contributed by atoms with E-state index in [1.54, 1.807) is 121 Å². The number of hydrogen-bond acceptors (Lipinski definition) is 14. The van der Waals surface area contributed by atoms with Crippen LogP contribution in [-0.4, -0.2) is 148 Å². The Morgan fingerprint density at radius 2 is 1.02 bits per heavy atom. The van der Waals surface area contributed by atoms with E-state index in [0.29, 0.717) is 28.5 Å². The van der Waals surface area contributed by atoms with E-state index < -0.39 is 108 Å². The Morgan fingerprint density at radius 1 is 0.562 bits per heavy atom. The van der Waals surface area contributed by atoms with Gasteiger partial charge < -0.3 is 63.8 Å². The van der Waals surface area contributed by atoms with E-state index >= 15 is 0 Å². The maximum atomic E-state index is 15.0. The molecule has 1 saturated heterocycles. The van der Waals surface area contributed by atoms with Crippen LogP contribution >= 0.6 is 21.6 Å². The van der Waals surface area contributed by atoms with E-state index in [9.17, 15) is 53.4 Å². The van der Waals surface area contributed by atoms with E-state index in [2.05, 4.69) is 37.2 Å². The molecule has 424 valence electrons. The summed E-state index contributed by atoms with van der Waals surface area (Å²) in [6, 6.07) is 27.7. The number of carbonyl (C=O) groups is 9. The molecule has 0 aliphatic carbocycles. The predicted molar refractivity (Wildman–Crippen MR) is 305 cm³/mol. The second-order valence-corrected chi connectivity index (χ2v) is 21.8. The van der Waals surface area contributed by atoms with Gasteiger partial charge in [0.05, 0.1) is 12.1 Å². The second kappa shape index (κ2) is 30.5. The number of benzene rings is 5. The van der Waals surface area contributed by atoms with Crippen LogP contribution in [-0.2, 0) is 57.6 Å². The Morgan fingerprint density at radius 3 is 1.56 bits per heavy atom. The average molecular weight is 1130 g/mol. The third-order valence-electron chi connectivity index (χ3n) is 13.1. The fourth-order valence-electron chi connectivity index (χ4n) is 8.64. The molecule has 0 unspecified atom stereocenters. The molecule has 5 aromatic rings. The smallest absolute Gasteiger partial charge is 0.327 e. The Labute approximate surface area is 471 Å². The summed E-state index contributed by atoms with van der Waals surface area (Å²) < 4.78 is 0. The molecule has 23 heteroatoms. The van der Waals surface area contributed by atoms with E-state index in [1.165, 1.54) is 14.0 Å². The largest absolute Gasteiger partial charge is 0.480 e. The lowest BCUT2D eigenvalue weighted by Crippen LogP contribution is -2.64. The number of amides is 8. The number of likely N-dealkylation sites (N-methyl/N-ethyl adjacent to an activating group) is 1. The van der Waals surface area contributed by atoms with Gasteiger partial charge in [-0.25, -0.2) is 4.79 Å². The van der Waals surface area contributed by atoms with Gasteiger partial charge in [0, 0.05) is 43.4 Å². The Balaban J connectivity index is 1.42. The lowest BCUT2D eigenvalue weighted by atomic mass is 10.0. The highest BCUT2D eigenvalue weighted by Gasteiger charge is 2.38. The van der Waals surface area contributed by atoms with Gasteiger partial charge in [-0.05, 0) is 72.3 Å². The van der Waals surface area contributed by atoms with Crippen LogP contribution in [0.4, 0.5) is 0 Å². The van der Waals surface area contributed by atoms with E-state index in [1.807, 2.05) is 12.1 Å². The number of aliphatic carboxylic acids is 1. The monoisotopic (exact) mass is 1130 g/mol. The Hall–Kier alpha value is -7.83. The van der Waals surface area contributed by atoms with Crippen molar-refractivity contribution in [1.29, 1.82) is 0 Å². The molecule has 80 heavy (non-hydrogen) atoms. The zero-order valence-corrected chi connectivity index (χ0v) is 45.9. The van der Waals surface area contributed by atoms with Crippen LogP contribution in [0.3, 0.4) is 0 Å². The number of rotatable bonds is 14. The molecular formula is C57H68N10O11S2. The van der Waals surface area contributed by atoms with Gasteiger partial charge in [-0.2, -0.15) is 0 Å². The normalized spacial score (nSPS) is 22.9. The summed E-state index contributed by atoms with van der Waals surface area (Å²) in [4.78, 5) is 129. The highest BCUT2D eigenvalue weighted by molar-refractivity contribution is 8.76. The summed E-state index contributed by atoms with van der Waals surface area (Å²) in [7, 11) is 3.30. The van der Waals surface area contributed by atoms with Crippen LogP contribution in [0, 0.1) is 0 Å². The van der Waals surface area contributed by atoms with Gasteiger partial charge in [0.15, 0.2) is 6.17 Å². The number of hydrogen-bond donors (Lipinski definition) is 11. The molecule has 5 aromatic carbocycles. The summed E-state index contributed by atoms with van der Waals surface area (Å²) >= 11 is 0. The number of aliphatic hydroxyl groups is 1. The van der Waals surface area contributed by atoms with Crippen molar-refractivity contribution in [2.24, 2.45) is 11.5 Å². The third-order valence-corrected chi connectivity index (χ3v) is 15.6. The Bertz CT molecular complexity index is 2940. The first kappa shape index (κ1) is 61.4. The molecule has 13 N–H and O–H groups in total. The minimum absolute atomic E-state index is 0.0596. The second-order valence-electron chi connectivity index (χ2n) is 19.3. The molecule has 9 atom stereocenters. The van der Waals surface area contributed by atoms with Gasteiger partial charge in [0.1, 0.15) is 36.3 Å². The number of unbranched alkanes of at least 4 members (excludes halogenated alkanes) is 1. The molecule has 0 radical (unpaired) electrons. The first-order valence-electron chi connectivity index (χ1n) is 26.0. The molecule has 0 aromatic heterocycles. The van der Waals surface area contributed by atoms with E-state index in [4.69, 9.17) is 11.5 Å².